The predicted octanol–water partition coefficient (Wildman–Crippen LogP) is 0.762. The minimum Gasteiger partial charge on any atom is -0.241 e. The summed E-state index contributed by atoms with van der Waals surface area (Å²) in [5, 5.41) is 0. The van der Waals surface area contributed by atoms with Crippen molar-refractivity contribution >= 4 is 0 Å². The second-order valence-electron chi connectivity index (χ2n) is 3.28. The SMILES string of the molecule is c1cc2nc(n1)Cc1nccc(n1)C2. The summed E-state index contributed by atoms with van der Waals surface area (Å²) < 4.78 is 0. The second kappa shape index (κ2) is 2.83. The van der Waals surface area contributed by atoms with E-state index >= 15 is 0 Å². The molecule has 1 aliphatic rings. The second-order valence-corrected chi connectivity index (χ2v) is 3.28. The molecule has 68 valence electrons. The Balaban J connectivity index is 2.17. The van der Waals surface area contributed by atoms with Crippen LogP contribution >= 0.6 is 0 Å². The monoisotopic (exact) mass is 184 g/mol. The van der Waals surface area contributed by atoms with E-state index in [9.17, 15) is 0 Å². The topological polar surface area (TPSA) is 51.6 Å². The molecule has 1 aliphatic heterocycles. The Kier molecular flexibility index (Phi) is 1.53. The van der Waals surface area contributed by atoms with Gasteiger partial charge in [0.2, 0.25) is 0 Å². The lowest BCUT2D eigenvalue weighted by molar-refractivity contribution is 0.813. The molecule has 14 heavy (non-hydrogen) atoms. The van der Waals surface area contributed by atoms with E-state index in [1.54, 1.807) is 12.4 Å². The van der Waals surface area contributed by atoms with Crippen molar-refractivity contribution in [3.63, 3.8) is 0 Å². The number of fused-ring (bicyclic) bond motifs is 4. The summed E-state index contributed by atoms with van der Waals surface area (Å²) in [5.41, 5.74) is 2.05. The number of nitrogens with zero attached hydrogens (tertiary/aromatic N) is 4. The van der Waals surface area contributed by atoms with Crippen LogP contribution < -0.4 is 0 Å². The lowest BCUT2D eigenvalue weighted by Crippen LogP contribution is -2.09. The molecule has 0 amide bonds. The molecule has 3 rings (SSSR count). The summed E-state index contributed by atoms with van der Waals surface area (Å²) in [5.74, 6) is 1.61. The molecule has 0 aromatic carbocycles. The molecule has 0 radical (unpaired) electrons. The summed E-state index contributed by atoms with van der Waals surface area (Å²) in [6, 6.07) is 3.85. The third kappa shape index (κ3) is 1.25. The minimum atomic E-state index is 0.627. The number of rotatable bonds is 0. The van der Waals surface area contributed by atoms with E-state index in [-0.39, 0.29) is 0 Å². The van der Waals surface area contributed by atoms with Crippen LogP contribution in [0.4, 0.5) is 0 Å². The van der Waals surface area contributed by atoms with Crippen LogP contribution in [0.15, 0.2) is 24.5 Å². The molecule has 0 aliphatic carbocycles. The molecule has 0 saturated heterocycles. The number of hydrogen-bond donors (Lipinski definition) is 0. The molecular weight excluding hydrogens is 176 g/mol. The molecule has 4 bridgehead atoms. The summed E-state index contributed by atoms with van der Waals surface area (Å²) in [6.45, 7) is 0. The Morgan fingerprint density at radius 1 is 0.786 bits per heavy atom. The predicted molar refractivity (Wildman–Crippen MR) is 49.7 cm³/mol. The van der Waals surface area contributed by atoms with Gasteiger partial charge < -0.3 is 0 Å². The van der Waals surface area contributed by atoms with Gasteiger partial charge >= 0.3 is 0 Å². The van der Waals surface area contributed by atoms with Gasteiger partial charge in [0.25, 0.3) is 0 Å². The van der Waals surface area contributed by atoms with Crippen LogP contribution in [0.1, 0.15) is 23.0 Å². The van der Waals surface area contributed by atoms with Crippen molar-refractivity contribution in [1.82, 2.24) is 19.9 Å². The van der Waals surface area contributed by atoms with E-state index in [2.05, 4.69) is 19.9 Å². The fraction of sp³-hybridized carbons (Fsp3) is 0.200. The fourth-order valence-corrected chi connectivity index (χ4v) is 1.58. The maximum atomic E-state index is 4.41. The fourth-order valence-electron chi connectivity index (χ4n) is 1.58. The zero-order valence-electron chi connectivity index (χ0n) is 7.51. The lowest BCUT2D eigenvalue weighted by atomic mass is 10.2. The van der Waals surface area contributed by atoms with E-state index in [0.29, 0.717) is 6.42 Å². The van der Waals surface area contributed by atoms with Gasteiger partial charge in [-0.2, -0.15) is 0 Å². The highest BCUT2D eigenvalue weighted by atomic mass is 14.9. The zero-order chi connectivity index (χ0) is 9.38. The molecule has 4 heteroatoms. The average Bonchev–Trinajstić information content (AvgIpc) is 2.17. The van der Waals surface area contributed by atoms with Crippen molar-refractivity contribution in [2.24, 2.45) is 0 Å². The van der Waals surface area contributed by atoms with Gasteiger partial charge in [-0.15, -0.1) is 0 Å². The van der Waals surface area contributed by atoms with Crippen LogP contribution in [0, 0.1) is 0 Å². The molecule has 0 N–H and O–H groups in total. The van der Waals surface area contributed by atoms with Crippen molar-refractivity contribution in [1.29, 1.82) is 0 Å². The summed E-state index contributed by atoms with van der Waals surface area (Å²) in [6.07, 6.45) is 4.99. The first-order valence-electron chi connectivity index (χ1n) is 4.52. The van der Waals surface area contributed by atoms with Crippen molar-refractivity contribution in [2.45, 2.75) is 12.8 Å². The normalized spacial score (nSPS) is 13.1. The van der Waals surface area contributed by atoms with E-state index < -0.39 is 0 Å². The van der Waals surface area contributed by atoms with Crippen LogP contribution in [0.25, 0.3) is 0 Å². The summed E-state index contributed by atoms with van der Waals surface area (Å²) >= 11 is 0. The number of aromatic nitrogens is 4. The highest BCUT2D eigenvalue weighted by molar-refractivity contribution is 5.17. The maximum absolute atomic E-state index is 4.41. The Hall–Kier alpha value is -1.84. The zero-order valence-corrected chi connectivity index (χ0v) is 7.51. The maximum Gasteiger partial charge on any atom is 0.136 e. The first-order chi connectivity index (χ1) is 6.90. The average molecular weight is 184 g/mol. The smallest absolute Gasteiger partial charge is 0.136 e. The molecule has 0 spiro atoms. The lowest BCUT2D eigenvalue weighted by Gasteiger charge is -2.08. The number of hydrogen-bond acceptors (Lipinski definition) is 4. The third-order valence-electron chi connectivity index (χ3n) is 2.20. The van der Waals surface area contributed by atoms with Gasteiger partial charge in [0.1, 0.15) is 11.6 Å². The van der Waals surface area contributed by atoms with Gasteiger partial charge in [-0.25, -0.2) is 19.9 Å². The highest BCUT2D eigenvalue weighted by Gasteiger charge is 2.09. The molecule has 4 nitrogen and oxygen atoms in total. The van der Waals surface area contributed by atoms with Crippen LogP contribution in [0.5, 0.6) is 0 Å². The van der Waals surface area contributed by atoms with Crippen molar-refractivity contribution < 1.29 is 0 Å². The van der Waals surface area contributed by atoms with Crippen LogP contribution in [-0.2, 0) is 12.8 Å². The van der Waals surface area contributed by atoms with E-state index in [0.717, 1.165) is 29.5 Å². The van der Waals surface area contributed by atoms with Gasteiger partial charge in [-0.1, -0.05) is 0 Å². The van der Waals surface area contributed by atoms with E-state index in [1.807, 2.05) is 12.1 Å². The largest absolute Gasteiger partial charge is 0.241 e. The first-order valence-corrected chi connectivity index (χ1v) is 4.52. The van der Waals surface area contributed by atoms with E-state index in [4.69, 9.17) is 0 Å². The summed E-state index contributed by atoms with van der Waals surface area (Å²) in [7, 11) is 0. The minimum absolute atomic E-state index is 0.627. The van der Waals surface area contributed by atoms with E-state index in [1.165, 1.54) is 0 Å². The molecular formula is C10H8N4. The quantitative estimate of drug-likeness (QED) is 0.517. The van der Waals surface area contributed by atoms with Crippen molar-refractivity contribution in [3.8, 4) is 0 Å². The summed E-state index contributed by atoms with van der Waals surface area (Å²) in [4.78, 5) is 17.2. The van der Waals surface area contributed by atoms with Crippen LogP contribution in [-0.4, -0.2) is 19.9 Å². The van der Waals surface area contributed by atoms with Crippen molar-refractivity contribution in [3.05, 3.63) is 47.6 Å². The van der Waals surface area contributed by atoms with Crippen molar-refractivity contribution in [2.75, 3.05) is 0 Å². The Morgan fingerprint density at radius 2 is 1.36 bits per heavy atom. The van der Waals surface area contributed by atoms with Crippen LogP contribution in [0.3, 0.4) is 0 Å². The molecule has 0 fully saturated rings. The Bertz CT molecular complexity index is 401. The van der Waals surface area contributed by atoms with Gasteiger partial charge in [0, 0.05) is 18.8 Å². The molecule has 0 unspecified atom stereocenters. The molecule has 2 aromatic heterocycles. The van der Waals surface area contributed by atoms with Gasteiger partial charge in [-0.05, 0) is 12.1 Å². The molecule has 0 atom stereocenters. The third-order valence-corrected chi connectivity index (χ3v) is 2.20. The van der Waals surface area contributed by atoms with Crippen LogP contribution in [0.2, 0.25) is 0 Å². The van der Waals surface area contributed by atoms with Gasteiger partial charge in [-0.3, -0.25) is 0 Å². The Labute approximate surface area is 81.1 Å². The molecule has 0 saturated carbocycles. The van der Waals surface area contributed by atoms with Gasteiger partial charge in [0.05, 0.1) is 17.8 Å². The van der Waals surface area contributed by atoms with Gasteiger partial charge in [0.15, 0.2) is 0 Å². The molecule has 2 aromatic rings. The first kappa shape index (κ1) is 7.55. The standard InChI is InChI=1S/C10H8N4/c1-3-11-9-6-10-12-4-2-8(14-10)5-7(1)13-9/h1-4H,5-6H2. The highest BCUT2D eigenvalue weighted by Crippen LogP contribution is 2.10. The molecule has 3 heterocycles. The Morgan fingerprint density at radius 3 is 1.93 bits per heavy atom.